The maximum atomic E-state index is 12.9. The zero-order chi connectivity index (χ0) is 14.5. The number of hydrogen-bond donors (Lipinski definition) is 2. The van der Waals surface area contributed by atoms with Crippen molar-refractivity contribution in [3.63, 3.8) is 0 Å². The molecule has 0 unspecified atom stereocenters. The molecule has 0 aliphatic rings. The van der Waals surface area contributed by atoms with Gasteiger partial charge in [-0.05, 0) is 35.9 Å². The van der Waals surface area contributed by atoms with Crippen LogP contribution in [-0.2, 0) is 6.54 Å². The molecule has 0 bridgehead atoms. The first-order valence-electron chi connectivity index (χ1n) is 6.14. The summed E-state index contributed by atoms with van der Waals surface area (Å²) in [5.74, 6) is 0.759. The minimum Gasteiger partial charge on any atom is -0.497 e. The SMILES string of the molecule is COc1ccc(CNc2ccc(N)cc2C(F)F)cc1. The minimum absolute atomic E-state index is 0.0847. The first-order chi connectivity index (χ1) is 9.60. The first kappa shape index (κ1) is 14.1. The predicted molar refractivity (Wildman–Crippen MR) is 76.1 cm³/mol. The third kappa shape index (κ3) is 3.38. The summed E-state index contributed by atoms with van der Waals surface area (Å²) >= 11 is 0. The fourth-order valence-electron chi connectivity index (χ4n) is 1.86. The largest absolute Gasteiger partial charge is 0.497 e. The van der Waals surface area contributed by atoms with E-state index in [4.69, 9.17) is 10.5 Å². The maximum Gasteiger partial charge on any atom is 0.265 e. The van der Waals surface area contributed by atoms with Crippen LogP contribution in [0.4, 0.5) is 20.2 Å². The van der Waals surface area contributed by atoms with Gasteiger partial charge in [-0.15, -0.1) is 0 Å². The van der Waals surface area contributed by atoms with E-state index in [2.05, 4.69) is 5.32 Å². The number of anilines is 2. The Morgan fingerprint density at radius 1 is 1.15 bits per heavy atom. The highest BCUT2D eigenvalue weighted by Gasteiger charge is 2.13. The molecule has 3 N–H and O–H groups in total. The van der Waals surface area contributed by atoms with E-state index in [-0.39, 0.29) is 5.56 Å². The molecule has 0 aliphatic carbocycles. The van der Waals surface area contributed by atoms with Crippen molar-refractivity contribution in [2.45, 2.75) is 13.0 Å². The summed E-state index contributed by atoms with van der Waals surface area (Å²) in [6.45, 7) is 0.452. The van der Waals surface area contributed by atoms with E-state index in [1.807, 2.05) is 24.3 Å². The molecule has 5 heteroatoms. The van der Waals surface area contributed by atoms with E-state index in [1.54, 1.807) is 19.2 Å². The summed E-state index contributed by atoms with van der Waals surface area (Å²) < 4.78 is 30.9. The number of ether oxygens (including phenoxy) is 1. The molecule has 3 nitrogen and oxygen atoms in total. The second kappa shape index (κ2) is 6.23. The molecule has 0 spiro atoms. The molecule has 2 aromatic carbocycles. The number of alkyl halides is 2. The van der Waals surface area contributed by atoms with Gasteiger partial charge in [0.05, 0.1) is 7.11 Å². The van der Waals surface area contributed by atoms with Crippen LogP contribution in [0.3, 0.4) is 0 Å². The summed E-state index contributed by atoms with van der Waals surface area (Å²) in [4.78, 5) is 0. The van der Waals surface area contributed by atoms with Gasteiger partial charge in [0.1, 0.15) is 5.75 Å². The zero-order valence-corrected chi connectivity index (χ0v) is 11.1. The molecule has 0 saturated carbocycles. The van der Waals surface area contributed by atoms with Crippen LogP contribution in [0.5, 0.6) is 5.75 Å². The molecule has 0 fully saturated rings. The third-order valence-electron chi connectivity index (χ3n) is 2.95. The van der Waals surface area contributed by atoms with Gasteiger partial charge in [-0.25, -0.2) is 8.78 Å². The lowest BCUT2D eigenvalue weighted by Crippen LogP contribution is -2.03. The molecule has 20 heavy (non-hydrogen) atoms. The lowest BCUT2D eigenvalue weighted by atomic mass is 10.1. The standard InChI is InChI=1S/C15H16F2N2O/c1-20-12-5-2-10(3-6-12)9-19-14-7-4-11(18)8-13(14)15(16)17/h2-8,15,19H,9,18H2,1H3. The lowest BCUT2D eigenvalue weighted by Gasteiger charge is -2.12. The number of halogens is 2. The molecule has 0 aromatic heterocycles. The summed E-state index contributed by atoms with van der Waals surface area (Å²) in [5, 5.41) is 3.00. The highest BCUT2D eigenvalue weighted by Crippen LogP contribution is 2.29. The molecular weight excluding hydrogens is 262 g/mol. The van der Waals surface area contributed by atoms with E-state index in [1.165, 1.54) is 6.07 Å². The van der Waals surface area contributed by atoms with Crippen LogP contribution >= 0.6 is 0 Å². The van der Waals surface area contributed by atoms with Crippen molar-refractivity contribution in [3.8, 4) is 5.75 Å². The van der Waals surface area contributed by atoms with E-state index >= 15 is 0 Å². The number of rotatable bonds is 5. The van der Waals surface area contributed by atoms with Gasteiger partial charge >= 0.3 is 0 Å². The van der Waals surface area contributed by atoms with Gasteiger partial charge in [-0.3, -0.25) is 0 Å². The second-order valence-corrected chi connectivity index (χ2v) is 4.35. The first-order valence-corrected chi connectivity index (χ1v) is 6.14. The van der Waals surface area contributed by atoms with Gasteiger partial charge in [0.15, 0.2) is 0 Å². The van der Waals surface area contributed by atoms with Gasteiger partial charge in [0.25, 0.3) is 6.43 Å². The predicted octanol–water partition coefficient (Wildman–Crippen LogP) is 3.83. The van der Waals surface area contributed by atoms with Crippen molar-refractivity contribution in [1.82, 2.24) is 0 Å². The van der Waals surface area contributed by atoms with Crippen LogP contribution in [0.15, 0.2) is 42.5 Å². The summed E-state index contributed by atoms with van der Waals surface area (Å²) in [6.07, 6.45) is -2.56. The maximum absolute atomic E-state index is 12.9. The quantitative estimate of drug-likeness (QED) is 0.817. The average Bonchev–Trinajstić information content (AvgIpc) is 2.46. The molecule has 0 atom stereocenters. The number of benzene rings is 2. The van der Waals surface area contributed by atoms with Gasteiger partial charge in [0, 0.05) is 23.5 Å². The number of nitrogen functional groups attached to an aromatic ring is 1. The molecule has 0 heterocycles. The molecule has 0 saturated heterocycles. The highest BCUT2D eigenvalue weighted by atomic mass is 19.3. The lowest BCUT2D eigenvalue weighted by molar-refractivity contribution is 0.152. The van der Waals surface area contributed by atoms with Crippen molar-refractivity contribution in [1.29, 1.82) is 0 Å². The Labute approximate surface area is 116 Å². The number of hydrogen-bond acceptors (Lipinski definition) is 3. The Morgan fingerprint density at radius 3 is 2.45 bits per heavy atom. The van der Waals surface area contributed by atoms with Crippen LogP contribution in [0.1, 0.15) is 17.6 Å². The fourth-order valence-corrected chi connectivity index (χ4v) is 1.86. The monoisotopic (exact) mass is 278 g/mol. The summed E-state index contributed by atoms with van der Waals surface area (Å²) in [5.41, 5.74) is 7.14. The van der Waals surface area contributed by atoms with Crippen molar-refractivity contribution in [3.05, 3.63) is 53.6 Å². The molecule has 2 rings (SSSR count). The third-order valence-corrected chi connectivity index (χ3v) is 2.95. The Balaban J connectivity index is 2.10. The van der Waals surface area contributed by atoms with Crippen LogP contribution < -0.4 is 15.8 Å². The fraction of sp³-hybridized carbons (Fsp3) is 0.200. The van der Waals surface area contributed by atoms with Gasteiger partial charge in [-0.2, -0.15) is 0 Å². The molecule has 0 aliphatic heterocycles. The Kier molecular flexibility index (Phi) is 4.40. The van der Waals surface area contributed by atoms with Gasteiger partial charge < -0.3 is 15.8 Å². The Morgan fingerprint density at radius 2 is 1.85 bits per heavy atom. The molecule has 0 radical (unpaired) electrons. The highest BCUT2D eigenvalue weighted by molar-refractivity contribution is 5.58. The molecule has 2 aromatic rings. The van der Waals surface area contributed by atoms with Gasteiger partial charge in [0.2, 0.25) is 0 Å². The van der Waals surface area contributed by atoms with Crippen molar-refractivity contribution >= 4 is 11.4 Å². The van der Waals surface area contributed by atoms with Crippen molar-refractivity contribution < 1.29 is 13.5 Å². The summed E-state index contributed by atoms with van der Waals surface area (Å²) in [6, 6.07) is 11.9. The minimum atomic E-state index is -2.56. The molecule has 106 valence electrons. The Bertz CT molecular complexity index is 571. The van der Waals surface area contributed by atoms with E-state index in [0.717, 1.165) is 11.3 Å². The van der Waals surface area contributed by atoms with E-state index < -0.39 is 6.43 Å². The zero-order valence-electron chi connectivity index (χ0n) is 11.1. The van der Waals surface area contributed by atoms with Crippen molar-refractivity contribution in [2.75, 3.05) is 18.2 Å². The van der Waals surface area contributed by atoms with Crippen LogP contribution in [0, 0.1) is 0 Å². The molecular formula is C15H16F2N2O. The van der Waals surface area contributed by atoms with Gasteiger partial charge in [-0.1, -0.05) is 12.1 Å². The number of nitrogens with one attached hydrogen (secondary N) is 1. The van der Waals surface area contributed by atoms with E-state index in [0.29, 0.717) is 17.9 Å². The summed E-state index contributed by atoms with van der Waals surface area (Å²) in [7, 11) is 1.59. The second-order valence-electron chi connectivity index (χ2n) is 4.35. The van der Waals surface area contributed by atoms with E-state index in [9.17, 15) is 8.78 Å². The molecule has 0 amide bonds. The smallest absolute Gasteiger partial charge is 0.265 e. The average molecular weight is 278 g/mol. The van der Waals surface area contributed by atoms with Crippen molar-refractivity contribution in [2.24, 2.45) is 0 Å². The van der Waals surface area contributed by atoms with Crippen LogP contribution in [0.2, 0.25) is 0 Å². The number of nitrogens with two attached hydrogens (primary N) is 1. The topological polar surface area (TPSA) is 47.3 Å². The Hall–Kier alpha value is -2.30. The normalized spacial score (nSPS) is 10.6. The number of methoxy groups -OCH3 is 1. The van der Waals surface area contributed by atoms with Crippen LogP contribution in [-0.4, -0.2) is 7.11 Å². The van der Waals surface area contributed by atoms with Crippen LogP contribution in [0.25, 0.3) is 0 Å².